The van der Waals surface area contributed by atoms with Gasteiger partial charge in [-0.15, -0.1) is 0 Å². The first-order valence-electron chi connectivity index (χ1n) is 5.44. The molecule has 0 atom stereocenters. The van der Waals surface area contributed by atoms with Gasteiger partial charge in [0.25, 0.3) is 5.91 Å². The number of oxime groups is 1. The zero-order chi connectivity index (χ0) is 14.7. The Morgan fingerprint density at radius 1 is 1.50 bits per heavy atom. The van der Waals surface area contributed by atoms with Gasteiger partial charge >= 0.3 is 0 Å². The molecule has 20 heavy (non-hydrogen) atoms. The van der Waals surface area contributed by atoms with Crippen LogP contribution in [0.25, 0.3) is 0 Å². The van der Waals surface area contributed by atoms with E-state index in [1.54, 1.807) is 19.3 Å². The molecule has 0 aliphatic heterocycles. The lowest BCUT2D eigenvalue weighted by molar-refractivity contribution is 0.102. The molecule has 0 fully saturated rings. The zero-order valence-electron chi connectivity index (χ0n) is 10.4. The number of amides is 1. The molecule has 4 N–H and O–H groups in total. The average Bonchev–Trinajstić information content (AvgIpc) is 2.79. The second-order valence-electron chi connectivity index (χ2n) is 3.86. The van der Waals surface area contributed by atoms with Crippen LogP contribution in [0.2, 0.25) is 0 Å². The Hall–Kier alpha value is -2.42. The standard InChI is InChI=1S/C11H11BrN6O2/c1-18-10(8(5-15-18)9(13)17-20)16-11(19)6-2-7(12)4-14-3-6/h2-5,20H,1H3,(H2,13,17)(H,16,19). The lowest BCUT2D eigenvalue weighted by Gasteiger charge is -2.07. The number of aryl methyl sites for hydroxylation is 1. The Morgan fingerprint density at radius 3 is 2.90 bits per heavy atom. The number of amidine groups is 1. The predicted octanol–water partition coefficient (Wildman–Crippen LogP) is 0.924. The summed E-state index contributed by atoms with van der Waals surface area (Å²) in [6.07, 6.45) is 4.39. The number of hydrogen-bond donors (Lipinski definition) is 3. The molecule has 0 aliphatic rings. The summed E-state index contributed by atoms with van der Waals surface area (Å²) in [5.41, 5.74) is 6.21. The third kappa shape index (κ3) is 2.77. The van der Waals surface area contributed by atoms with Crippen molar-refractivity contribution in [1.82, 2.24) is 14.8 Å². The number of carbonyl (C=O) groups excluding carboxylic acids is 1. The van der Waals surface area contributed by atoms with Crippen LogP contribution >= 0.6 is 15.9 Å². The van der Waals surface area contributed by atoms with Gasteiger partial charge in [0.15, 0.2) is 5.84 Å². The molecule has 0 aromatic carbocycles. The number of anilines is 1. The summed E-state index contributed by atoms with van der Waals surface area (Å²) in [4.78, 5) is 16.0. The van der Waals surface area contributed by atoms with E-state index in [0.717, 1.165) is 0 Å². The van der Waals surface area contributed by atoms with Gasteiger partial charge in [-0.1, -0.05) is 5.16 Å². The summed E-state index contributed by atoms with van der Waals surface area (Å²) in [6.45, 7) is 0. The smallest absolute Gasteiger partial charge is 0.258 e. The maximum atomic E-state index is 12.1. The summed E-state index contributed by atoms with van der Waals surface area (Å²) < 4.78 is 2.10. The highest BCUT2D eigenvalue weighted by Gasteiger charge is 2.16. The minimum absolute atomic E-state index is 0.138. The van der Waals surface area contributed by atoms with E-state index in [1.165, 1.54) is 17.1 Å². The summed E-state index contributed by atoms with van der Waals surface area (Å²) in [5.74, 6) is -0.194. The molecule has 0 saturated heterocycles. The third-order valence-corrected chi connectivity index (χ3v) is 2.96. The predicted molar refractivity (Wildman–Crippen MR) is 75.6 cm³/mol. The molecule has 104 valence electrons. The molecule has 0 spiro atoms. The van der Waals surface area contributed by atoms with Crippen molar-refractivity contribution >= 4 is 33.5 Å². The number of hydrogen-bond acceptors (Lipinski definition) is 5. The average molecular weight is 339 g/mol. The van der Waals surface area contributed by atoms with Gasteiger partial charge < -0.3 is 16.3 Å². The van der Waals surface area contributed by atoms with Crippen LogP contribution in [0.3, 0.4) is 0 Å². The fourth-order valence-corrected chi connectivity index (χ4v) is 1.91. The lowest BCUT2D eigenvalue weighted by atomic mass is 10.2. The molecular formula is C11H11BrN6O2. The van der Waals surface area contributed by atoms with Gasteiger partial charge in [-0.25, -0.2) is 0 Å². The van der Waals surface area contributed by atoms with Crippen molar-refractivity contribution in [2.45, 2.75) is 0 Å². The largest absolute Gasteiger partial charge is 0.409 e. The third-order valence-electron chi connectivity index (χ3n) is 2.52. The van der Waals surface area contributed by atoms with E-state index < -0.39 is 0 Å². The summed E-state index contributed by atoms with van der Waals surface area (Å²) in [7, 11) is 1.63. The molecule has 2 rings (SSSR count). The van der Waals surface area contributed by atoms with Crippen molar-refractivity contribution in [1.29, 1.82) is 0 Å². The number of nitrogens with zero attached hydrogens (tertiary/aromatic N) is 4. The molecule has 0 saturated carbocycles. The summed E-state index contributed by atoms with van der Waals surface area (Å²) >= 11 is 3.24. The number of carbonyl (C=O) groups is 1. The van der Waals surface area contributed by atoms with Crippen LogP contribution in [-0.2, 0) is 7.05 Å². The van der Waals surface area contributed by atoms with Crippen molar-refractivity contribution < 1.29 is 10.0 Å². The fourth-order valence-electron chi connectivity index (χ4n) is 1.54. The van der Waals surface area contributed by atoms with Gasteiger partial charge in [-0.2, -0.15) is 5.10 Å². The van der Waals surface area contributed by atoms with E-state index in [0.29, 0.717) is 21.4 Å². The molecule has 0 radical (unpaired) electrons. The SMILES string of the molecule is Cn1ncc(C(N)=NO)c1NC(=O)c1cncc(Br)c1. The molecule has 1 amide bonds. The van der Waals surface area contributed by atoms with E-state index in [1.807, 2.05) is 0 Å². The van der Waals surface area contributed by atoms with Crippen LogP contribution in [0.1, 0.15) is 15.9 Å². The highest BCUT2D eigenvalue weighted by Crippen LogP contribution is 2.16. The van der Waals surface area contributed by atoms with Crippen LogP contribution in [0.5, 0.6) is 0 Å². The number of aromatic nitrogens is 3. The van der Waals surface area contributed by atoms with Crippen molar-refractivity contribution in [3.05, 3.63) is 40.3 Å². The number of halogens is 1. The molecule has 9 heteroatoms. The quantitative estimate of drug-likeness (QED) is 0.333. The molecular weight excluding hydrogens is 328 g/mol. The fraction of sp³-hybridized carbons (Fsp3) is 0.0909. The van der Waals surface area contributed by atoms with E-state index >= 15 is 0 Å². The highest BCUT2D eigenvalue weighted by atomic mass is 79.9. The molecule has 2 aromatic rings. The Labute approximate surface area is 122 Å². The molecule has 0 unspecified atom stereocenters. The van der Waals surface area contributed by atoms with Crippen LogP contribution in [0.15, 0.2) is 34.3 Å². The lowest BCUT2D eigenvalue weighted by Crippen LogP contribution is -2.20. The first-order chi connectivity index (χ1) is 9.52. The number of pyridine rings is 1. The number of nitrogens with two attached hydrogens (primary N) is 1. The van der Waals surface area contributed by atoms with Gasteiger partial charge in [0.1, 0.15) is 5.82 Å². The topological polar surface area (TPSA) is 118 Å². The van der Waals surface area contributed by atoms with Crippen molar-refractivity contribution in [3.8, 4) is 0 Å². The Balaban J connectivity index is 2.31. The van der Waals surface area contributed by atoms with Gasteiger partial charge in [0, 0.05) is 23.9 Å². The molecule has 2 heterocycles. The van der Waals surface area contributed by atoms with Crippen LogP contribution in [-0.4, -0.2) is 31.7 Å². The summed E-state index contributed by atoms with van der Waals surface area (Å²) in [5, 5.41) is 18.2. The van der Waals surface area contributed by atoms with E-state index in [-0.39, 0.29) is 11.7 Å². The molecule has 8 nitrogen and oxygen atoms in total. The minimum atomic E-state index is -0.380. The Morgan fingerprint density at radius 2 is 2.25 bits per heavy atom. The van der Waals surface area contributed by atoms with Crippen LogP contribution in [0.4, 0.5) is 5.82 Å². The first-order valence-corrected chi connectivity index (χ1v) is 6.24. The molecule has 0 aliphatic carbocycles. The monoisotopic (exact) mass is 338 g/mol. The molecule has 0 bridgehead atoms. The van der Waals surface area contributed by atoms with Gasteiger partial charge in [0.2, 0.25) is 0 Å². The second kappa shape index (κ2) is 5.70. The Kier molecular flexibility index (Phi) is 3.99. The highest BCUT2D eigenvalue weighted by molar-refractivity contribution is 9.10. The van der Waals surface area contributed by atoms with Crippen molar-refractivity contribution in [2.24, 2.45) is 17.9 Å². The summed E-state index contributed by atoms with van der Waals surface area (Å²) in [6, 6.07) is 1.63. The van der Waals surface area contributed by atoms with Crippen molar-refractivity contribution in [3.63, 3.8) is 0 Å². The normalized spacial score (nSPS) is 11.4. The minimum Gasteiger partial charge on any atom is -0.409 e. The Bertz CT molecular complexity index is 681. The van der Waals surface area contributed by atoms with Gasteiger partial charge in [-0.3, -0.25) is 14.5 Å². The van der Waals surface area contributed by atoms with E-state index in [2.05, 4.69) is 36.5 Å². The maximum absolute atomic E-state index is 12.1. The van der Waals surface area contributed by atoms with Gasteiger partial charge in [-0.05, 0) is 22.0 Å². The van der Waals surface area contributed by atoms with Crippen LogP contribution in [0, 0.1) is 0 Å². The van der Waals surface area contributed by atoms with E-state index in [4.69, 9.17) is 10.9 Å². The van der Waals surface area contributed by atoms with E-state index in [9.17, 15) is 4.79 Å². The zero-order valence-corrected chi connectivity index (χ0v) is 12.0. The molecule has 2 aromatic heterocycles. The first kappa shape index (κ1) is 14.0. The van der Waals surface area contributed by atoms with Crippen molar-refractivity contribution in [2.75, 3.05) is 5.32 Å². The van der Waals surface area contributed by atoms with Crippen LogP contribution < -0.4 is 11.1 Å². The number of rotatable bonds is 3. The maximum Gasteiger partial charge on any atom is 0.258 e. The second-order valence-corrected chi connectivity index (χ2v) is 4.78. The van der Waals surface area contributed by atoms with Gasteiger partial charge in [0.05, 0.1) is 17.3 Å². The number of nitrogens with one attached hydrogen (secondary N) is 1.